The quantitative estimate of drug-likeness (QED) is 0.652. The van der Waals surface area contributed by atoms with E-state index < -0.39 is 29.6 Å². The smallest absolute Gasteiger partial charge is 0.276 e. The third kappa shape index (κ3) is 6.27. The Kier molecular flexibility index (Phi) is 7.13. The van der Waals surface area contributed by atoms with Crippen molar-refractivity contribution in [2.45, 2.75) is 13.0 Å². The predicted molar refractivity (Wildman–Crippen MR) is 96.6 cm³/mol. The summed E-state index contributed by atoms with van der Waals surface area (Å²) in [6.45, 7) is 1.07. The molecular weight excluding hydrogens is 377 g/mol. The molecule has 0 unspecified atom stereocenters. The molecule has 3 amide bonds. The molecule has 142 valence electrons. The largest absolute Gasteiger partial charge is 0.484 e. The molecule has 0 aliphatic rings. The summed E-state index contributed by atoms with van der Waals surface area (Å²) < 4.78 is 17.9. The van der Waals surface area contributed by atoms with Crippen molar-refractivity contribution in [1.82, 2.24) is 16.2 Å². The van der Waals surface area contributed by atoms with E-state index in [-0.39, 0.29) is 17.2 Å². The van der Waals surface area contributed by atoms with E-state index in [2.05, 4.69) is 16.2 Å². The second-order valence-corrected chi connectivity index (χ2v) is 5.86. The maximum Gasteiger partial charge on any atom is 0.276 e. The van der Waals surface area contributed by atoms with Crippen molar-refractivity contribution in [1.29, 1.82) is 0 Å². The van der Waals surface area contributed by atoms with Crippen LogP contribution < -0.4 is 20.9 Å². The molecule has 0 aromatic heterocycles. The SMILES string of the molecule is C[C@H](NC(=O)c1ccccc1Cl)C(=O)NNC(=O)COc1ccc(F)cc1. The van der Waals surface area contributed by atoms with Crippen molar-refractivity contribution in [2.75, 3.05) is 6.61 Å². The minimum Gasteiger partial charge on any atom is -0.484 e. The normalized spacial score (nSPS) is 11.2. The van der Waals surface area contributed by atoms with Crippen LogP contribution in [-0.2, 0) is 9.59 Å². The Morgan fingerprint density at radius 3 is 2.41 bits per heavy atom. The maximum absolute atomic E-state index is 12.8. The summed E-state index contributed by atoms with van der Waals surface area (Å²) in [7, 11) is 0. The molecule has 0 aliphatic heterocycles. The molecule has 2 rings (SSSR count). The summed E-state index contributed by atoms with van der Waals surface area (Å²) >= 11 is 5.93. The van der Waals surface area contributed by atoms with Crippen LogP contribution in [-0.4, -0.2) is 30.4 Å². The van der Waals surface area contributed by atoms with Gasteiger partial charge < -0.3 is 10.1 Å². The minimum absolute atomic E-state index is 0.232. The Morgan fingerprint density at radius 2 is 1.74 bits per heavy atom. The average Bonchev–Trinajstić information content (AvgIpc) is 2.65. The zero-order valence-electron chi connectivity index (χ0n) is 14.3. The second kappa shape index (κ2) is 9.54. The highest BCUT2D eigenvalue weighted by atomic mass is 35.5. The van der Waals surface area contributed by atoms with Crippen molar-refractivity contribution in [2.24, 2.45) is 0 Å². The summed E-state index contributed by atoms with van der Waals surface area (Å²) in [6, 6.07) is 10.6. The van der Waals surface area contributed by atoms with Crippen LogP contribution in [0.2, 0.25) is 5.02 Å². The summed E-state index contributed by atoms with van der Waals surface area (Å²) in [5, 5.41) is 2.73. The topological polar surface area (TPSA) is 96.5 Å². The van der Waals surface area contributed by atoms with Crippen molar-refractivity contribution in [3.8, 4) is 5.75 Å². The summed E-state index contributed by atoms with van der Waals surface area (Å²) in [5.74, 6) is -1.90. The number of carbonyl (C=O) groups excluding carboxylic acids is 3. The van der Waals surface area contributed by atoms with Crippen LogP contribution in [0.25, 0.3) is 0 Å². The Balaban J connectivity index is 1.75. The lowest BCUT2D eigenvalue weighted by atomic mass is 10.2. The van der Waals surface area contributed by atoms with Gasteiger partial charge in [-0.25, -0.2) is 4.39 Å². The number of hydrogen-bond donors (Lipinski definition) is 3. The number of nitrogens with one attached hydrogen (secondary N) is 3. The Labute approximate surface area is 159 Å². The first-order chi connectivity index (χ1) is 12.9. The van der Waals surface area contributed by atoms with Crippen LogP contribution in [0.4, 0.5) is 4.39 Å². The van der Waals surface area contributed by atoms with E-state index in [0.29, 0.717) is 5.75 Å². The third-order valence-corrected chi connectivity index (χ3v) is 3.70. The fourth-order valence-corrected chi connectivity index (χ4v) is 2.16. The molecule has 0 saturated carbocycles. The van der Waals surface area contributed by atoms with Crippen LogP contribution >= 0.6 is 11.6 Å². The van der Waals surface area contributed by atoms with Gasteiger partial charge in [0.2, 0.25) is 0 Å². The van der Waals surface area contributed by atoms with Crippen molar-refractivity contribution < 1.29 is 23.5 Å². The number of ether oxygens (including phenoxy) is 1. The predicted octanol–water partition coefficient (Wildman–Crippen LogP) is 1.82. The fraction of sp³-hybridized carbons (Fsp3) is 0.167. The Morgan fingerprint density at radius 1 is 1.07 bits per heavy atom. The van der Waals surface area contributed by atoms with E-state index in [9.17, 15) is 18.8 Å². The number of hydrazine groups is 1. The van der Waals surface area contributed by atoms with E-state index in [1.54, 1.807) is 18.2 Å². The molecule has 7 nitrogen and oxygen atoms in total. The van der Waals surface area contributed by atoms with Crippen molar-refractivity contribution in [3.05, 3.63) is 64.9 Å². The van der Waals surface area contributed by atoms with Crippen LogP contribution in [0, 0.1) is 5.82 Å². The summed E-state index contributed by atoms with van der Waals surface area (Å²) in [5.41, 5.74) is 4.56. The van der Waals surface area contributed by atoms with Gasteiger partial charge in [-0.2, -0.15) is 0 Å². The van der Waals surface area contributed by atoms with Gasteiger partial charge in [0.05, 0.1) is 10.6 Å². The number of carbonyl (C=O) groups is 3. The van der Waals surface area contributed by atoms with Gasteiger partial charge in [0.1, 0.15) is 17.6 Å². The van der Waals surface area contributed by atoms with Gasteiger partial charge >= 0.3 is 0 Å². The van der Waals surface area contributed by atoms with Gasteiger partial charge in [-0.15, -0.1) is 0 Å². The monoisotopic (exact) mass is 393 g/mol. The Bertz CT molecular complexity index is 830. The number of benzene rings is 2. The third-order valence-electron chi connectivity index (χ3n) is 3.37. The molecule has 0 aliphatic carbocycles. The molecule has 0 radical (unpaired) electrons. The second-order valence-electron chi connectivity index (χ2n) is 5.46. The molecular formula is C18H17ClFN3O4. The zero-order chi connectivity index (χ0) is 19.8. The van der Waals surface area contributed by atoms with Crippen LogP contribution in [0.3, 0.4) is 0 Å². The van der Waals surface area contributed by atoms with Crippen LogP contribution in [0.1, 0.15) is 17.3 Å². The summed E-state index contributed by atoms with van der Waals surface area (Å²) in [4.78, 5) is 35.7. The molecule has 0 bridgehead atoms. The van der Waals surface area contributed by atoms with E-state index in [1.165, 1.54) is 37.3 Å². The first-order valence-corrected chi connectivity index (χ1v) is 8.27. The number of amides is 3. The van der Waals surface area contributed by atoms with Gasteiger partial charge in [0, 0.05) is 0 Å². The fourth-order valence-electron chi connectivity index (χ4n) is 1.94. The maximum atomic E-state index is 12.8. The minimum atomic E-state index is -0.924. The molecule has 27 heavy (non-hydrogen) atoms. The number of rotatable bonds is 6. The average molecular weight is 394 g/mol. The first kappa shape index (κ1) is 20.2. The standard InChI is InChI=1S/C18H17ClFN3O4/c1-11(21-18(26)14-4-2-3-5-15(14)19)17(25)23-22-16(24)10-27-13-8-6-12(20)7-9-13/h2-9,11H,10H2,1H3,(H,21,26)(H,22,24)(H,23,25)/t11-/m0/s1. The highest BCUT2D eigenvalue weighted by Crippen LogP contribution is 2.14. The lowest BCUT2D eigenvalue weighted by Gasteiger charge is -2.15. The highest BCUT2D eigenvalue weighted by molar-refractivity contribution is 6.33. The lowest BCUT2D eigenvalue weighted by Crippen LogP contribution is -2.52. The number of halogens is 2. The Hall–Kier alpha value is -3.13. The van der Waals surface area contributed by atoms with Crippen molar-refractivity contribution in [3.63, 3.8) is 0 Å². The first-order valence-electron chi connectivity index (χ1n) is 7.89. The lowest BCUT2D eigenvalue weighted by molar-refractivity contribution is -0.130. The van der Waals surface area contributed by atoms with Crippen LogP contribution in [0.5, 0.6) is 5.75 Å². The van der Waals surface area contributed by atoms with Gasteiger partial charge in [0.15, 0.2) is 6.61 Å². The highest BCUT2D eigenvalue weighted by Gasteiger charge is 2.18. The van der Waals surface area contributed by atoms with Gasteiger partial charge in [0.25, 0.3) is 17.7 Å². The zero-order valence-corrected chi connectivity index (χ0v) is 15.0. The van der Waals surface area contributed by atoms with E-state index >= 15 is 0 Å². The van der Waals surface area contributed by atoms with Crippen molar-refractivity contribution >= 4 is 29.3 Å². The van der Waals surface area contributed by atoms with E-state index in [1.807, 2.05) is 0 Å². The molecule has 0 fully saturated rings. The van der Waals surface area contributed by atoms with Gasteiger partial charge in [-0.1, -0.05) is 23.7 Å². The van der Waals surface area contributed by atoms with Crippen LogP contribution in [0.15, 0.2) is 48.5 Å². The molecule has 0 saturated heterocycles. The molecule has 3 N–H and O–H groups in total. The molecule has 2 aromatic rings. The molecule has 9 heteroatoms. The summed E-state index contributed by atoms with van der Waals surface area (Å²) in [6.07, 6.45) is 0. The van der Waals surface area contributed by atoms with Gasteiger partial charge in [-0.05, 0) is 43.3 Å². The number of hydrogen-bond acceptors (Lipinski definition) is 4. The van der Waals surface area contributed by atoms with E-state index in [4.69, 9.17) is 16.3 Å². The molecule has 1 atom stereocenters. The molecule has 2 aromatic carbocycles. The molecule has 0 heterocycles. The van der Waals surface area contributed by atoms with E-state index in [0.717, 1.165) is 0 Å². The molecule has 0 spiro atoms. The van der Waals surface area contributed by atoms with Gasteiger partial charge in [-0.3, -0.25) is 25.2 Å².